The molecule has 26 heavy (non-hydrogen) atoms. The fraction of sp³-hybridized carbons (Fsp3) is 0.450. The second-order valence-electron chi connectivity index (χ2n) is 6.82. The van der Waals surface area contributed by atoms with Gasteiger partial charge in [-0.25, -0.2) is 4.98 Å². The van der Waals surface area contributed by atoms with E-state index in [1.807, 2.05) is 30.5 Å². The van der Waals surface area contributed by atoms with Crippen molar-refractivity contribution in [1.82, 2.24) is 14.9 Å². The molecular weight excluding hydrogens is 344 g/mol. The summed E-state index contributed by atoms with van der Waals surface area (Å²) in [7, 11) is 2.18. The fourth-order valence-corrected chi connectivity index (χ4v) is 4.00. The van der Waals surface area contributed by atoms with Gasteiger partial charge in [-0.2, -0.15) is 5.26 Å². The van der Waals surface area contributed by atoms with Gasteiger partial charge in [0.1, 0.15) is 11.6 Å². The van der Waals surface area contributed by atoms with E-state index in [-0.39, 0.29) is 11.1 Å². The van der Waals surface area contributed by atoms with Gasteiger partial charge in [-0.15, -0.1) is 0 Å². The van der Waals surface area contributed by atoms with Crippen molar-refractivity contribution in [2.24, 2.45) is 0 Å². The molecule has 0 atom stereocenters. The summed E-state index contributed by atoms with van der Waals surface area (Å²) in [6.45, 7) is 0.860. The lowest BCUT2D eigenvalue weighted by molar-refractivity contribution is 0.184. The first-order chi connectivity index (χ1) is 12.6. The molecule has 1 aromatic heterocycles. The number of hydrogen-bond donors (Lipinski definition) is 1. The summed E-state index contributed by atoms with van der Waals surface area (Å²) >= 11 is 1.36. The van der Waals surface area contributed by atoms with Crippen LogP contribution in [0, 0.1) is 11.3 Å². The van der Waals surface area contributed by atoms with Gasteiger partial charge in [-0.3, -0.25) is 9.69 Å². The number of rotatable bonds is 5. The molecule has 1 heterocycles. The minimum atomic E-state index is -0.383. The van der Waals surface area contributed by atoms with Crippen LogP contribution in [-0.4, -0.2) is 34.2 Å². The molecule has 1 fully saturated rings. The maximum atomic E-state index is 12.2. The molecule has 0 bridgehead atoms. The molecule has 6 heteroatoms. The molecular formula is C20H24N4OS. The first kappa shape index (κ1) is 18.7. The minimum Gasteiger partial charge on any atom is -0.300 e. The average Bonchev–Trinajstić information content (AvgIpc) is 2.68. The van der Waals surface area contributed by atoms with Crippen molar-refractivity contribution >= 4 is 11.8 Å². The van der Waals surface area contributed by atoms with Crippen LogP contribution in [0.15, 0.2) is 34.2 Å². The summed E-state index contributed by atoms with van der Waals surface area (Å²) in [5.41, 5.74) is 2.14. The van der Waals surface area contributed by atoms with Crippen LogP contribution in [0.5, 0.6) is 0 Å². The van der Waals surface area contributed by atoms with Crippen LogP contribution in [0.4, 0.5) is 0 Å². The van der Waals surface area contributed by atoms with Crippen LogP contribution in [0.25, 0.3) is 11.3 Å². The topological polar surface area (TPSA) is 72.8 Å². The summed E-state index contributed by atoms with van der Waals surface area (Å²) in [4.78, 5) is 21.7. The second-order valence-corrected chi connectivity index (χ2v) is 7.61. The van der Waals surface area contributed by atoms with Crippen molar-refractivity contribution in [1.29, 1.82) is 5.26 Å². The van der Waals surface area contributed by atoms with Gasteiger partial charge in [-0.05, 0) is 37.8 Å². The van der Waals surface area contributed by atoms with Gasteiger partial charge in [0.15, 0.2) is 5.16 Å². The van der Waals surface area contributed by atoms with E-state index in [4.69, 9.17) is 0 Å². The monoisotopic (exact) mass is 368 g/mol. The molecule has 1 aliphatic carbocycles. The predicted molar refractivity (Wildman–Crippen MR) is 105 cm³/mol. The molecule has 1 aliphatic rings. The van der Waals surface area contributed by atoms with E-state index < -0.39 is 0 Å². The van der Waals surface area contributed by atoms with Crippen LogP contribution >= 0.6 is 11.8 Å². The summed E-state index contributed by atoms with van der Waals surface area (Å²) in [6.07, 6.45) is 8.36. The predicted octanol–water partition coefficient (Wildman–Crippen LogP) is 3.79. The highest BCUT2D eigenvalue weighted by molar-refractivity contribution is 7.98. The number of H-pyrrole nitrogens is 1. The number of benzene rings is 1. The Morgan fingerprint density at radius 3 is 2.81 bits per heavy atom. The van der Waals surface area contributed by atoms with E-state index in [1.54, 1.807) is 0 Å². The third-order valence-corrected chi connectivity index (χ3v) is 5.61. The van der Waals surface area contributed by atoms with Crippen LogP contribution in [0.3, 0.4) is 0 Å². The summed E-state index contributed by atoms with van der Waals surface area (Å²) in [5.74, 6) is 0. The molecule has 136 valence electrons. The summed E-state index contributed by atoms with van der Waals surface area (Å²) < 4.78 is 0. The Hall–Kier alpha value is -2.10. The lowest BCUT2D eigenvalue weighted by Crippen LogP contribution is -2.32. The number of aromatic amines is 1. The van der Waals surface area contributed by atoms with Gasteiger partial charge in [0.25, 0.3) is 5.56 Å². The molecule has 0 unspecified atom stereocenters. The van der Waals surface area contributed by atoms with E-state index in [2.05, 4.69) is 28.0 Å². The van der Waals surface area contributed by atoms with E-state index in [0.29, 0.717) is 16.9 Å². The Bertz CT molecular complexity index is 865. The van der Waals surface area contributed by atoms with E-state index in [9.17, 15) is 10.1 Å². The average molecular weight is 369 g/mol. The maximum absolute atomic E-state index is 12.2. The molecule has 5 nitrogen and oxygen atoms in total. The van der Waals surface area contributed by atoms with Gasteiger partial charge in [0.2, 0.25) is 0 Å². The highest BCUT2D eigenvalue weighted by atomic mass is 32.2. The van der Waals surface area contributed by atoms with Crippen LogP contribution in [-0.2, 0) is 6.54 Å². The second kappa shape index (κ2) is 8.52. The largest absolute Gasteiger partial charge is 0.300 e. The van der Waals surface area contributed by atoms with Crippen molar-refractivity contribution in [2.45, 2.75) is 49.8 Å². The molecule has 0 radical (unpaired) electrons. The van der Waals surface area contributed by atoms with Gasteiger partial charge >= 0.3 is 0 Å². The lowest BCUT2D eigenvalue weighted by Gasteiger charge is -2.31. The molecule has 1 N–H and O–H groups in total. The highest BCUT2D eigenvalue weighted by Gasteiger charge is 2.18. The normalized spacial score (nSPS) is 15.2. The zero-order valence-corrected chi connectivity index (χ0v) is 16.1. The lowest BCUT2D eigenvalue weighted by atomic mass is 9.94. The third-order valence-electron chi connectivity index (χ3n) is 5.03. The van der Waals surface area contributed by atoms with Gasteiger partial charge in [0.05, 0.1) is 5.69 Å². The molecule has 2 aromatic rings. The van der Waals surface area contributed by atoms with E-state index in [1.165, 1.54) is 49.4 Å². The summed E-state index contributed by atoms with van der Waals surface area (Å²) in [6, 6.07) is 10.7. The molecule has 1 saturated carbocycles. The Balaban J connectivity index is 1.89. The molecule has 1 aromatic carbocycles. The standard InChI is InChI=1S/C20H24N4OS/c1-24(16-9-4-3-5-10-16)13-14-7-6-8-15(11-14)18-17(12-21)19(25)23-20(22-18)26-2/h6-8,11,16H,3-5,9-10,13H2,1-2H3,(H,22,23,25). The van der Waals surface area contributed by atoms with Crippen LogP contribution < -0.4 is 5.56 Å². The van der Waals surface area contributed by atoms with Crippen molar-refractivity contribution in [3.8, 4) is 17.3 Å². The SMILES string of the molecule is CSc1nc(-c2cccc(CN(C)C3CCCCC3)c2)c(C#N)c(=O)[nH]1. The molecule has 3 rings (SSSR count). The highest BCUT2D eigenvalue weighted by Crippen LogP contribution is 2.25. The van der Waals surface area contributed by atoms with Crippen LogP contribution in [0.2, 0.25) is 0 Å². The molecule has 0 spiro atoms. The number of thioether (sulfide) groups is 1. The minimum absolute atomic E-state index is 0.0700. The van der Waals surface area contributed by atoms with Gasteiger partial charge < -0.3 is 4.98 Å². The van der Waals surface area contributed by atoms with Crippen molar-refractivity contribution in [2.75, 3.05) is 13.3 Å². The first-order valence-electron chi connectivity index (χ1n) is 9.00. The molecule has 0 aliphatic heterocycles. The smallest absolute Gasteiger partial charge is 0.270 e. The fourth-order valence-electron chi connectivity index (χ4n) is 3.62. The molecule has 0 amide bonds. The zero-order valence-electron chi connectivity index (χ0n) is 15.3. The Labute approximate surface area is 158 Å². The first-order valence-corrected chi connectivity index (χ1v) is 10.2. The number of nitrogens with one attached hydrogen (secondary N) is 1. The van der Waals surface area contributed by atoms with Crippen LogP contribution in [0.1, 0.15) is 43.2 Å². The van der Waals surface area contributed by atoms with Crippen molar-refractivity contribution < 1.29 is 0 Å². The Morgan fingerprint density at radius 2 is 2.12 bits per heavy atom. The maximum Gasteiger partial charge on any atom is 0.270 e. The summed E-state index contributed by atoms with van der Waals surface area (Å²) in [5, 5.41) is 9.91. The van der Waals surface area contributed by atoms with Gasteiger partial charge in [-0.1, -0.05) is 49.2 Å². The third kappa shape index (κ3) is 4.17. The Morgan fingerprint density at radius 1 is 1.35 bits per heavy atom. The quantitative estimate of drug-likeness (QED) is 0.642. The number of hydrogen-bond acceptors (Lipinski definition) is 5. The zero-order chi connectivity index (χ0) is 18.5. The van der Waals surface area contributed by atoms with E-state index >= 15 is 0 Å². The van der Waals surface area contributed by atoms with E-state index in [0.717, 1.165) is 12.1 Å². The number of nitriles is 1. The van der Waals surface area contributed by atoms with Gasteiger partial charge in [0, 0.05) is 18.2 Å². The Kier molecular flexibility index (Phi) is 6.12. The number of nitrogens with zero attached hydrogens (tertiary/aromatic N) is 3. The molecule has 0 saturated heterocycles. The van der Waals surface area contributed by atoms with Crippen molar-refractivity contribution in [3.05, 3.63) is 45.7 Å². The number of aromatic nitrogens is 2. The van der Waals surface area contributed by atoms with Crippen molar-refractivity contribution in [3.63, 3.8) is 0 Å².